The van der Waals surface area contributed by atoms with Gasteiger partial charge in [0.1, 0.15) is 0 Å². The van der Waals surface area contributed by atoms with Crippen LogP contribution in [0.5, 0.6) is 0 Å². The van der Waals surface area contributed by atoms with Crippen LogP contribution < -0.4 is 13.2 Å². The molecule has 0 heterocycles. The second-order valence-corrected chi connectivity index (χ2v) is 18.5. The van der Waals surface area contributed by atoms with Crippen molar-refractivity contribution in [3.63, 3.8) is 0 Å². The number of hydrogen-bond donors (Lipinski definition) is 0. The molecular formula is C22H22GeOS2. The van der Waals surface area contributed by atoms with Crippen LogP contribution in [0.15, 0.2) is 91.0 Å². The van der Waals surface area contributed by atoms with Gasteiger partial charge in [-0.1, -0.05) is 0 Å². The second kappa shape index (κ2) is 8.89. The average molecular weight is 439 g/mol. The molecular weight excluding hydrogens is 417 g/mol. The van der Waals surface area contributed by atoms with E-state index < -0.39 is 12.1 Å². The molecule has 0 aliphatic carbocycles. The van der Waals surface area contributed by atoms with E-state index in [0.717, 1.165) is 0 Å². The van der Waals surface area contributed by atoms with Crippen molar-refractivity contribution in [2.45, 2.75) is 20.0 Å². The molecule has 3 aromatic rings. The van der Waals surface area contributed by atoms with Gasteiger partial charge in [0.15, 0.2) is 0 Å². The SMILES string of the molecule is CC(C)OC(=S)[S][Ge]([c]1ccccc1)([c]1ccccc1)[c]1ccccc1. The van der Waals surface area contributed by atoms with Crippen LogP contribution in [0.4, 0.5) is 0 Å². The van der Waals surface area contributed by atoms with Crippen LogP contribution >= 0.6 is 22.3 Å². The van der Waals surface area contributed by atoms with E-state index in [0.29, 0.717) is 4.38 Å². The van der Waals surface area contributed by atoms with Crippen molar-refractivity contribution in [2.75, 3.05) is 0 Å². The summed E-state index contributed by atoms with van der Waals surface area (Å²) in [5.41, 5.74) is 0. The van der Waals surface area contributed by atoms with Crippen molar-refractivity contribution in [2.24, 2.45) is 0 Å². The Morgan fingerprint density at radius 2 is 1.08 bits per heavy atom. The van der Waals surface area contributed by atoms with Crippen molar-refractivity contribution in [3.8, 4) is 0 Å². The molecule has 3 rings (SSSR count). The molecule has 0 aromatic heterocycles. The molecule has 0 aliphatic rings. The van der Waals surface area contributed by atoms with Crippen molar-refractivity contribution in [3.05, 3.63) is 91.0 Å². The van der Waals surface area contributed by atoms with Crippen LogP contribution in [0.25, 0.3) is 0 Å². The van der Waals surface area contributed by atoms with Gasteiger partial charge in [-0.25, -0.2) is 0 Å². The molecule has 0 aliphatic heterocycles. The fourth-order valence-corrected chi connectivity index (χ4v) is 18.5. The Morgan fingerprint density at radius 1 is 0.731 bits per heavy atom. The van der Waals surface area contributed by atoms with Crippen molar-refractivity contribution in [1.29, 1.82) is 0 Å². The third kappa shape index (κ3) is 4.22. The molecule has 0 saturated carbocycles. The van der Waals surface area contributed by atoms with Gasteiger partial charge >= 0.3 is 168 Å². The summed E-state index contributed by atoms with van der Waals surface area (Å²) in [5.74, 6) is 0. The van der Waals surface area contributed by atoms with Crippen LogP contribution in [-0.2, 0) is 4.74 Å². The first-order chi connectivity index (χ1) is 12.6. The summed E-state index contributed by atoms with van der Waals surface area (Å²) in [4.78, 5) is 0. The van der Waals surface area contributed by atoms with Gasteiger partial charge in [-0.05, 0) is 0 Å². The number of thiocarbonyl (C=S) groups is 1. The van der Waals surface area contributed by atoms with Crippen LogP contribution in [0.3, 0.4) is 0 Å². The van der Waals surface area contributed by atoms with E-state index >= 15 is 0 Å². The van der Waals surface area contributed by atoms with E-state index in [2.05, 4.69) is 91.0 Å². The molecule has 3 aromatic carbocycles. The summed E-state index contributed by atoms with van der Waals surface area (Å²) in [6, 6.07) is 32.4. The Hall–Kier alpha value is -1.56. The van der Waals surface area contributed by atoms with Crippen molar-refractivity contribution >= 4 is 52.0 Å². The predicted octanol–water partition coefficient (Wildman–Crippen LogP) is 4.10. The van der Waals surface area contributed by atoms with Gasteiger partial charge in [0.05, 0.1) is 0 Å². The van der Waals surface area contributed by atoms with Gasteiger partial charge < -0.3 is 0 Å². The first kappa shape index (κ1) is 19.2. The summed E-state index contributed by atoms with van der Waals surface area (Å²) in [7, 11) is 1.78. The maximum absolute atomic E-state index is 5.91. The maximum atomic E-state index is 5.91. The van der Waals surface area contributed by atoms with E-state index in [1.165, 1.54) is 13.2 Å². The molecule has 0 spiro atoms. The van der Waals surface area contributed by atoms with Gasteiger partial charge in [0.25, 0.3) is 0 Å². The monoisotopic (exact) mass is 440 g/mol. The summed E-state index contributed by atoms with van der Waals surface area (Å²) in [6.45, 7) is 4.05. The van der Waals surface area contributed by atoms with E-state index in [1.54, 1.807) is 10.1 Å². The van der Waals surface area contributed by atoms with E-state index in [4.69, 9.17) is 17.0 Å². The van der Waals surface area contributed by atoms with E-state index in [1.807, 2.05) is 13.8 Å². The molecule has 4 heteroatoms. The van der Waals surface area contributed by atoms with Crippen LogP contribution in [0, 0.1) is 0 Å². The fraction of sp³-hybridized carbons (Fsp3) is 0.136. The molecule has 0 atom stereocenters. The molecule has 0 radical (unpaired) electrons. The Morgan fingerprint density at radius 3 is 1.38 bits per heavy atom. The normalized spacial score (nSPS) is 11.3. The Bertz CT molecular complexity index is 739. The summed E-state index contributed by atoms with van der Waals surface area (Å²) >= 11 is 2.58. The Kier molecular flexibility index (Phi) is 6.57. The van der Waals surface area contributed by atoms with E-state index in [-0.39, 0.29) is 6.10 Å². The molecule has 0 saturated heterocycles. The van der Waals surface area contributed by atoms with Gasteiger partial charge in [0, 0.05) is 0 Å². The number of hydrogen-bond acceptors (Lipinski definition) is 3. The predicted molar refractivity (Wildman–Crippen MR) is 120 cm³/mol. The molecule has 0 bridgehead atoms. The minimum absolute atomic E-state index is 0.0809. The van der Waals surface area contributed by atoms with E-state index in [9.17, 15) is 0 Å². The quantitative estimate of drug-likeness (QED) is 0.438. The van der Waals surface area contributed by atoms with Crippen LogP contribution in [-0.4, -0.2) is 22.6 Å². The molecule has 26 heavy (non-hydrogen) atoms. The van der Waals surface area contributed by atoms with Gasteiger partial charge in [-0.2, -0.15) is 0 Å². The molecule has 132 valence electrons. The number of ether oxygens (including phenoxy) is 1. The third-order valence-corrected chi connectivity index (χ3v) is 19.9. The summed E-state index contributed by atoms with van der Waals surface area (Å²) < 4.78 is 10.6. The zero-order valence-electron chi connectivity index (χ0n) is 15.0. The molecule has 0 N–H and O–H groups in total. The first-order valence-electron chi connectivity index (χ1n) is 8.69. The fourth-order valence-electron chi connectivity index (χ4n) is 3.04. The molecule has 0 fully saturated rings. The Balaban J connectivity index is 2.23. The zero-order valence-corrected chi connectivity index (χ0v) is 18.7. The van der Waals surface area contributed by atoms with Gasteiger partial charge in [-0.3, -0.25) is 0 Å². The number of rotatable bonds is 5. The molecule has 1 nitrogen and oxygen atoms in total. The van der Waals surface area contributed by atoms with Crippen LogP contribution in [0.1, 0.15) is 13.8 Å². The Labute approximate surface area is 167 Å². The van der Waals surface area contributed by atoms with Gasteiger partial charge in [-0.15, -0.1) is 0 Å². The van der Waals surface area contributed by atoms with Crippen molar-refractivity contribution < 1.29 is 4.74 Å². The molecule has 0 amide bonds. The molecule has 0 unspecified atom stereocenters. The zero-order chi connectivity index (χ0) is 18.4. The van der Waals surface area contributed by atoms with Crippen molar-refractivity contribution in [1.82, 2.24) is 0 Å². The van der Waals surface area contributed by atoms with Gasteiger partial charge in [0.2, 0.25) is 0 Å². The summed E-state index contributed by atoms with van der Waals surface area (Å²) in [6.07, 6.45) is 0.0809. The first-order valence-corrected chi connectivity index (χ1v) is 15.6. The topological polar surface area (TPSA) is 9.23 Å². The third-order valence-electron chi connectivity index (χ3n) is 4.11. The second-order valence-electron chi connectivity index (χ2n) is 6.30. The minimum atomic E-state index is -3.08. The average Bonchev–Trinajstić information content (AvgIpc) is 2.67. The number of benzene rings is 3. The standard InChI is InChI=1S/C22H22GeOS2/c1-18(2)24-22(25)26-23(19-12-6-3-7-13-19,20-14-8-4-9-15-20)21-16-10-5-11-17-21/h3-18H,1-2H3. The summed E-state index contributed by atoms with van der Waals surface area (Å²) in [5, 5.41) is 0. The van der Waals surface area contributed by atoms with Crippen LogP contribution in [0.2, 0.25) is 0 Å².